The van der Waals surface area contributed by atoms with E-state index in [1.165, 1.54) is 15.6 Å². The molecule has 7 heteroatoms. The Morgan fingerprint density at radius 2 is 2.04 bits per heavy atom. The number of hydrogen-bond acceptors (Lipinski definition) is 6. The number of aromatic nitrogens is 4. The van der Waals surface area contributed by atoms with Crippen molar-refractivity contribution in [3.8, 4) is 16.5 Å². The minimum atomic E-state index is 0.476. The Morgan fingerprint density at radius 1 is 1.17 bits per heavy atom. The Bertz CT molecular complexity index is 1060. The van der Waals surface area contributed by atoms with E-state index in [-0.39, 0.29) is 0 Å². The van der Waals surface area contributed by atoms with Gasteiger partial charge < -0.3 is 0 Å². The zero-order chi connectivity index (χ0) is 16.7. The van der Waals surface area contributed by atoms with Crippen molar-refractivity contribution in [3.05, 3.63) is 36.0 Å². The van der Waals surface area contributed by atoms with E-state index in [0.717, 1.165) is 10.6 Å². The Labute approximate surface area is 151 Å². The molecule has 0 bridgehead atoms. The van der Waals surface area contributed by atoms with Gasteiger partial charge in [-0.2, -0.15) is 0 Å². The molecular weight excluding hydrogens is 383 g/mol. The van der Waals surface area contributed by atoms with Crippen LogP contribution in [0.3, 0.4) is 0 Å². The van der Waals surface area contributed by atoms with Gasteiger partial charge in [0.25, 0.3) is 0 Å². The maximum absolute atomic E-state index is 5.61. The van der Waals surface area contributed by atoms with E-state index in [4.69, 9.17) is 9.72 Å². The summed E-state index contributed by atoms with van der Waals surface area (Å²) in [6, 6.07) is 8.59. The fourth-order valence-electron chi connectivity index (χ4n) is 2.52. The third-order valence-electron chi connectivity index (χ3n) is 3.57. The van der Waals surface area contributed by atoms with Gasteiger partial charge in [-0.1, -0.05) is 0 Å². The van der Waals surface area contributed by atoms with E-state index >= 15 is 0 Å². The van der Waals surface area contributed by atoms with E-state index in [9.17, 15) is 0 Å². The molecule has 24 heavy (non-hydrogen) atoms. The standard InChI is InChI=1S/C17H13AsN4OS/c1-3-23-16-14-15(21-17(18)22-16)19-8-11(20-14)13-7-10-6-9(2)4-5-12(10)24-13/h4-8H,3H2,1-2H3. The van der Waals surface area contributed by atoms with E-state index < -0.39 is 0 Å². The van der Waals surface area contributed by atoms with Crippen LogP contribution in [0, 0.1) is 6.92 Å². The monoisotopic (exact) mass is 396 g/mol. The number of aryl methyl sites for hydroxylation is 1. The van der Waals surface area contributed by atoms with Crippen molar-refractivity contribution in [3.63, 3.8) is 0 Å². The molecule has 118 valence electrons. The van der Waals surface area contributed by atoms with Crippen LogP contribution in [-0.4, -0.2) is 43.4 Å². The number of ether oxygens (including phenoxy) is 1. The normalized spacial score (nSPS) is 11.3. The first-order valence-corrected chi connectivity index (χ1v) is 9.26. The topological polar surface area (TPSA) is 60.8 Å². The van der Waals surface area contributed by atoms with Crippen molar-refractivity contribution >= 4 is 54.1 Å². The van der Waals surface area contributed by atoms with Crippen molar-refractivity contribution < 1.29 is 4.74 Å². The Kier molecular flexibility index (Phi) is 3.94. The van der Waals surface area contributed by atoms with Crippen LogP contribution in [0.15, 0.2) is 30.5 Å². The van der Waals surface area contributed by atoms with Gasteiger partial charge in [-0.05, 0) is 0 Å². The molecule has 3 aromatic heterocycles. The predicted octanol–water partition coefficient (Wildman–Crippen LogP) is 2.80. The van der Waals surface area contributed by atoms with Gasteiger partial charge in [-0.15, -0.1) is 0 Å². The van der Waals surface area contributed by atoms with Crippen LogP contribution in [0.2, 0.25) is 0 Å². The van der Waals surface area contributed by atoms with Gasteiger partial charge in [-0.25, -0.2) is 0 Å². The molecule has 0 aliphatic rings. The van der Waals surface area contributed by atoms with Crippen LogP contribution in [0.25, 0.3) is 31.8 Å². The molecule has 0 aliphatic carbocycles. The second-order valence-electron chi connectivity index (χ2n) is 5.34. The van der Waals surface area contributed by atoms with Crippen LogP contribution in [0.5, 0.6) is 5.88 Å². The Morgan fingerprint density at radius 3 is 2.88 bits per heavy atom. The fraction of sp³-hybridized carbons (Fsp3) is 0.176. The van der Waals surface area contributed by atoms with Crippen molar-refractivity contribution in [2.24, 2.45) is 0 Å². The summed E-state index contributed by atoms with van der Waals surface area (Å²) in [5.41, 5.74) is 3.20. The molecule has 0 N–H and O–H groups in total. The molecule has 2 radical (unpaired) electrons. The van der Waals surface area contributed by atoms with Crippen LogP contribution in [0.4, 0.5) is 0 Å². The summed E-state index contributed by atoms with van der Waals surface area (Å²) < 4.78 is 7.41. The summed E-state index contributed by atoms with van der Waals surface area (Å²) in [7, 11) is 0. The van der Waals surface area contributed by atoms with E-state index in [1.54, 1.807) is 17.5 Å². The van der Waals surface area contributed by atoms with Crippen molar-refractivity contribution in [2.75, 3.05) is 6.61 Å². The van der Waals surface area contributed by atoms with Gasteiger partial charge in [0.2, 0.25) is 0 Å². The summed E-state index contributed by atoms with van der Waals surface area (Å²) in [6.45, 7) is 4.54. The molecule has 0 aliphatic heterocycles. The summed E-state index contributed by atoms with van der Waals surface area (Å²) in [6.07, 6.45) is 1.76. The molecule has 1 aromatic carbocycles. The summed E-state index contributed by atoms with van der Waals surface area (Å²) in [5.74, 6) is 0.476. The minimum absolute atomic E-state index is 0.476. The zero-order valence-electron chi connectivity index (χ0n) is 13.1. The van der Waals surface area contributed by atoms with E-state index in [2.05, 4.69) is 63.0 Å². The van der Waals surface area contributed by atoms with Crippen molar-refractivity contribution in [1.29, 1.82) is 0 Å². The van der Waals surface area contributed by atoms with Crippen LogP contribution >= 0.6 is 11.3 Å². The molecule has 4 aromatic rings. The van der Waals surface area contributed by atoms with E-state index in [1.807, 2.05) is 6.92 Å². The summed E-state index contributed by atoms with van der Waals surface area (Å²) in [5, 5.41) is 1.22. The number of rotatable bonds is 3. The number of thiophene rings is 1. The molecule has 0 saturated heterocycles. The summed E-state index contributed by atoms with van der Waals surface area (Å²) in [4.78, 5) is 18.9. The third kappa shape index (κ3) is 2.76. The first kappa shape index (κ1) is 15.5. The van der Waals surface area contributed by atoms with Gasteiger partial charge in [0.15, 0.2) is 0 Å². The molecule has 5 nitrogen and oxygen atoms in total. The zero-order valence-corrected chi connectivity index (χ0v) is 15.8. The maximum atomic E-state index is 5.61. The van der Waals surface area contributed by atoms with Gasteiger partial charge in [-0.3, -0.25) is 0 Å². The molecule has 4 rings (SSSR count). The Hall–Kier alpha value is -2.04. The van der Waals surface area contributed by atoms with Gasteiger partial charge in [0.05, 0.1) is 0 Å². The molecule has 0 spiro atoms. The van der Waals surface area contributed by atoms with Crippen molar-refractivity contribution in [2.45, 2.75) is 13.8 Å². The number of benzene rings is 1. The quantitative estimate of drug-likeness (QED) is 0.499. The average Bonchev–Trinajstić information content (AvgIpc) is 2.97. The third-order valence-corrected chi connectivity index (χ3v) is 5.13. The second-order valence-corrected chi connectivity index (χ2v) is 7.26. The fourth-order valence-corrected chi connectivity index (χ4v) is 3.90. The predicted molar refractivity (Wildman–Crippen MR) is 97.2 cm³/mol. The SMILES string of the molecule is CCOc1nc([As])nc2ncc(-c3cc4cc(C)ccc4s3)nc12. The molecule has 0 unspecified atom stereocenters. The number of hydrogen-bond donors (Lipinski definition) is 0. The summed E-state index contributed by atoms with van der Waals surface area (Å²) >= 11 is 4.01. The second kappa shape index (κ2) is 6.11. The molecule has 0 saturated carbocycles. The molecule has 3 heterocycles. The van der Waals surface area contributed by atoms with Gasteiger partial charge >= 0.3 is 152 Å². The van der Waals surface area contributed by atoms with Gasteiger partial charge in [0, 0.05) is 0 Å². The van der Waals surface area contributed by atoms with Crippen LogP contribution < -0.4 is 9.35 Å². The van der Waals surface area contributed by atoms with Crippen LogP contribution in [-0.2, 0) is 0 Å². The van der Waals surface area contributed by atoms with E-state index in [0.29, 0.717) is 28.3 Å². The molecule has 0 amide bonds. The van der Waals surface area contributed by atoms with Crippen LogP contribution in [0.1, 0.15) is 12.5 Å². The Balaban J connectivity index is 1.89. The molecular formula is C17H13AsN4OS. The number of fused-ring (bicyclic) bond motifs is 2. The van der Waals surface area contributed by atoms with Crippen molar-refractivity contribution in [1.82, 2.24) is 19.9 Å². The molecule has 0 atom stereocenters. The number of nitrogens with zero attached hydrogens (tertiary/aromatic N) is 4. The van der Waals surface area contributed by atoms with Gasteiger partial charge in [0.1, 0.15) is 0 Å². The first-order chi connectivity index (χ1) is 11.6. The first-order valence-electron chi connectivity index (χ1n) is 7.51. The average molecular weight is 396 g/mol. The molecule has 0 fully saturated rings.